The van der Waals surface area contributed by atoms with Crippen LogP contribution in [0.5, 0.6) is 0 Å². The van der Waals surface area contributed by atoms with Gasteiger partial charge in [0.25, 0.3) is 0 Å². The third kappa shape index (κ3) is 12.0. The molecular weight excluding hydrogens is 215 g/mol. The molecule has 0 aromatic carbocycles. The molecule has 1 atom stereocenters. The summed E-state index contributed by atoms with van der Waals surface area (Å²) in [5.41, 5.74) is 0. The van der Waals surface area contributed by atoms with Gasteiger partial charge in [-0.2, -0.15) is 0 Å². The summed E-state index contributed by atoms with van der Waals surface area (Å²) in [6, 6.07) is 0. The minimum absolute atomic E-state index is 0.152. The van der Waals surface area contributed by atoms with Crippen molar-refractivity contribution >= 4 is 7.82 Å². The summed E-state index contributed by atoms with van der Waals surface area (Å²) in [6.07, 6.45) is 6.79. The Balaban J connectivity index is 3.33. The molecule has 0 aromatic heterocycles. The van der Waals surface area contributed by atoms with Gasteiger partial charge in [0.05, 0.1) is 6.61 Å². The lowest BCUT2D eigenvalue weighted by molar-refractivity contribution is 0.184. The van der Waals surface area contributed by atoms with Gasteiger partial charge in [0.2, 0.25) is 0 Å². The maximum atomic E-state index is 10.4. The first kappa shape index (κ1) is 15.1. The molecule has 0 spiro atoms. The van der Waals surface area contributed by atoms with E-state index >= 15 is 0 Å². The van der Waals surface area contributed by atoms with Crippen LogP contribution in [0.1, 0.15) is 52.4 Å². The summed E-state index contributed by atoms with van der Waals surface area (Å²) in [4.78, 5) is 16.9. The molecule has 0 aliphatic heterocycles. The molecule has 0 saturated heterocycles. The molecule has 0 radical (unpaired) electrons. The van der Waals surface area contributed by atoms with Crippen LogP contribution >= 0.6 is 7.82 Å². The summed E-state index contributed by atoms with van der Waals surface area (Å²) < 4.78 is 14.8. The highest BCUT2D eigenvalue weighted by molar-refractivity contribution is 7.46. The number of unbranched alkanes of at least 4 members (excludes halogenated alkanes) is 3. The van der Waals surface area contributed by atoms with Crippen molar-refractivity contribution in [2.75, 3.05) is 6.61 Å². The van der Waals surface area contributed by atoms with Crippen molar-refractivity contribution in [2.24, 2.45) is 5.92 Å². The fraction of sp³-hybridized carbons (Fsp3) is 1.00. The van der Waals surface area contributed by atoms with Crippen molar-refractivity contribution < 1.29 is 18.9 Å². The zero-order valence-electron chi connectivity index (χ0n) is 9.69. The highest BCUT2D eigenvalue weighted by Gasteiger charge is 2.13. The van der Waals surface area contributed by atoms with Gasteiger partial charge in [0, 0.05) is 0 Å². The first-order valence-corrected chi connectivity index (χ1v) is 7.19. The van der Waals surface area contributed by atoms with E-state index in [1.165, 1.54) is 25.7 Å². The minimum Gasteiger partial charge on any atom is -0.303 e. The number of hydrogen-bond acceptors (Lipinski definition) is 2. The number of phosphoric ester groups is 1. The quantitative estimate of drug-likeness (QED) is 0.478. The average Bonchev–Trinajstić information content (AvgIpc) is 2.10. The molecule has 0 bridgehead atoms. The Morgan fingerprint density at radius 1 is 1.20 bits per heavy atom. The molecule has 0 amide bonds. The predicted molar refractivity (Wildman–Crippen MR) is 60.5 cm³/mol. The van der Waals surface area contributed by atoms with Gasteiger partial charge in [-0.25, -0.2) is 4.57 Å². The lowest BCUT2D eigenvalue weighted by Crippen LogP contribution is -2.01. The maximum Gasteiger partial charge on any atom is 0.469 e. The first-order valence-electron chi connectivity index (χ1n) is 5.65. The Hall–Kier alpha value is 0.110. The summed E-state index contributed by atoms with van der Waals surface area (Å²) in [5, 5.41) is 0. The average molecular weight is 238 g/mol. The van der Waals surface area contributed by atoms with E-state index in [0.29, 0.717) is 5.92 Å². The molecule has 92 valence electrons. The van der Waals surface area contributed by atoms with Crippen LogP contribution in [0, 0.1) is 5.92 Å². The van der Waals surface area contributed by atoms with Gasteiger partial charge in [0.15, 0.2) is 0 Å². The van der Waals surface area contributed by atoms with Crippen LogP contribution in [0.25, 0.3) is 0 Å². The Bertz CT molecular complexity index is 190. The largest absolute Gasteiger partial charge is 0.469 e. The highest BCUT2D eigenvalue weighted by Crippen LogP contribution is 2.36. The fourth-order valence-electron chi connectivity index (χ4n) is 1.44. The Morgan fingerprint density at radius 3 is 2.40 bits per heavy atom. The number of rotatable bonds is 9. The number of phosphoric acid groups is 1. The molecular formula is C10H23O4P. The predicted octanol–water partition coefficient (Wildman–Crippen LogP) is 3.09. The molecule has 5 heteroatoms. The maximum absolute atomic E-state index is 10.4. The van der Waals surface area contributed by atoms with E-state index < -0.39 is 7.82 Å². The van der Waals surface area contributed by atoms with Crippen molar-refractivity contribution in [3.05, 3.63) is 0 Å². The highest BCUT2D eigenvalue weighted by atomic mass is 31.2. The summed E-state index contributed by atoms with van der Waals surface area (Å²) in [7, 11) is -4.26. The third-order valence-electron chi connectivity index (χ3n) is 2.42. The van der Waals surface area contributed by atoms with E-state index in [1.54, 1.807) is 0 Å². The van der Waals surface area contributed by atoms with Crippen LogP contribution in [-0.2, 0) is 9.09 Å². The molecule has 0 aliphatic carbocycles. The van der Waals surface area contributed by atoms with Gasteiger partial charge in [0.1, 0.15) is 0 Å². The van der Waals surface area contributed by atoms with E-state index in [1.807, 2.05) is 0 Å². The second kappa shape index (κ2) is 8.28. The molecule has 0 saturated carbocycles. The van der Waals surface area contributed by atoms with Gasteiger partial charge in [-0.1, -0.05) is 46.0 Å². The molecule has 0 rings (SSSR count). The first-order chi connectivity index (χ1) is 6.95. The Morgan fingerprint density at radius 2 is 1.87 bits per heavy atom. The van der Waals surface area contributed by atoms with Gasteiger partial charge in [-0.15, -0.1) is 0 Å². The zero-order chi connectivity index (χ0) is 11.7. The van der Waals surface area contributed by atoms with Crippen LogP contribution < -0.4 is 0 Å². The summed E-state index contributed by atoms with van der Waals surface area (Å²) in [6.45, 7) is 4.42. The van der Waals surface area contributed by atoms with Crippen molar-refractivity contribution in [3.63, 3.8) is 0 Å². The normalized spacial score (nSPS) is 14.1. The van der Waals surface area contributed by atoms with E-state index in [9.17, 15) is 4.57 Å². The standard InChI is InChI=1S/C10H23O4P/c1-3-4-5-6-7-10(2)8-9-14-15(11,12)13/h10H,3-9H2,1-2H3,(H2,11,12,13). The second-order valence-corrected chi connectivity index (χ2v) is 5.31. The smallest absolute Gasteiger partial charge is 0.303 e. The molecule has 0 heterocycles. The Kier molecular flexibility index (Phi) is 8.34. The molecule has 1 unspecified atom stereocenters. The minimum atomic E-state index is -4.26. The molecule has 2 N–H and O–H groups in total. The zero-order valence-corrected chi connectivity index (χ0v) is 10.6. The molecule has 0 fully saturated rings. The molecule has 0 aliphatic rings. The van der Waals surface area contributed by atoms with Crippen molar-refractivity contribution in [3.8, 4) is 0 Å². The molecule has 4 nitrogen and oxygen atoms in total. The van der Waals surface area contributed by atoms with Crippen LogP contribution in [0.3, 0.4) is 0 Å². The molecule has 15 heavy (non-hydrogen) atoms. The van der Waals surface area contributed by atoms with E-state index in [0.717, 1.165) is 12.8 Å². The number of hydrogen-bond donors (Lipinski definition) is 2. The summed E-state index contributed by atoms with van der Waals surface area (Å²) in [5.74, 6) is 0.480. The van der Waals surface area contributed by atoms with Crippen LogP contribution in [0.4, 0.5) is 0 Å². The van der Waals surface area contributed by atoms with E-state index in [2.05, 4.69) is 18.4 Å². The van der Waals surface area contributed by atoms with Crippen molar-refractivity contribution in [1.29, 1.82) is 0 Å². The van der Waals surface area contributed by atoms with Gasteiger partial charge < -0.3 is 9.79 Å². The second-order valence-electron chi connectivity index (χ2n) is 4.07. The Labute approximate surface area is 92.3 Å². The van der Waals surface area contributed by atoms with Crippen LogP contribution in [-0.4, -0.2) is 16.4 Å². The van der Waals surface area contributed by atoms with Crippen molar-refractivity contribution in [2.45, 2.75) is 52.4 Å². The monoisotopic (exact) mass is 238 g/mol. The van der Waals surface area contributed by atoms with Gasteiger partial charge in [-0.3, -0.25) is 4.52 Å². The SMILES string of the molecule is CCCCCCC(C)CCOP(=O)(O)O. The van der Waals surface area contributed by atoms with Gasteiger partial charge >= 0.3 is 7.82 Å². The lowest BCUT2D eigenvalue weighted by Gasteiger charge is -2.11. The molecule has 0 aromatic rings. The van der Waals surface area contributed by atoms with Crippen LogP contribution in [0.15, 0.2) is 0 Å². The topological polar surface area (TPSA) is 66.8 Å². The van der Waals surface area contributed by atoms with E-state index in [-0.39, 0.29) is 6.61 Å². The van der Waals surface area contributed by atoms with E-state index in [4.69, 9.17) is 9.79 Å². The summed E-state index contributed by atoms with van der Waals surface area (Å²) >= 11 is 0. The van der Waals surface area contributed by atoms with Crippen molar-refractivity contribution in [1.82, 2.24) is 0 Å². The third-order valence-corrected chi connectivity index (χ3v) is 2.94. The van der Waals surface area contributed by atoms with Crippen LogP contribution in [0.2, 0.25) is 0 Å². The van der Waals surface area contributed by atoms with Gasteiger partial charge in [-0.05, 0) is 12.3 Å². The fourth-order valence-corrected chi connectivity index (χ4v) is 1.78. The lowest BCUT2D eigenvalue weighted by atomic mass is 10.00.